The van der Waals surface area contributed by atoms with Crippen LogP contribution in [0.15, 0.2) is 40.9 Å². The maximum absolute atomic E-state index is 6.22. The third kappa shape index (κ3) is 2.74. The molecule has 1 aromatic heterocycles. The molecule has 0 fully saturated rings. The summed E-state index contributed by atoms with van der Waals surface area (Å²) in [6.07, 6.45) is 0. The molecule has 0 aliphatic carbocycles. The standard InChI is InChI=1S/C13H8BrCl2N5/c14-8-2-3-9(15)12(6-8)21-13(18-19-20-21)7-1-4-11(17)10(16)5-7/h1-6H,17H2. The monoisotopic (exact) mass is 383 g/mol. The molecule has 0 bridgehead atoms. The Balaban J connectivity index is 2.17. The molecule has 2 N–H and O–H groups in total. The molecule has 0 atom stereocenters. The van der Waals surface area contributed by atoms with Crippen molar-refractivity contribution in [3.05, 3.63) is 50.9 Å². The van der Waals surface area contributed by atoms with Crippen molar-refractivity contribution in [1.29, 1.82) is 0 Å². The number of anilines is 1. The molecule has 8 heteroatoms. The number of aromatic nitrogens is 4. The van der Waals surface area contributed by atoms with E-state index in [0.29, 0.717) is 27.2 Å². The van der Waals surface area contributed by atoms with Crippen LogP contribution in [0.5, 0.6) is 0 Å². The van der Waals surface area contributed by atoms with E-state index in [1.165, 1.54) is 0 Å². The first-order valence-electron chi connectivity index (χ1n) is 5.85. The molecular formula is C13H8BrCl2N5. The molecule has 0 radical (unpaired) electrons. The van der Waals surface area contributed by atoms with E-state index in [1.807, 2.05) is 12.1 Å². The Hall–Kier alpha value is -1.63. The predicted octanol–water partition coefficient (Wildman–Crippen LogP) is 3.98. The van der Waals surface area contributed by atoms with Gasteiger partial charge in [0.15, 0.2) is 5.82 Å². The zero-order chi connectivity index (χ0) is 15.0. The highest BCUT2D eigenvalue weighted by Crippen LogP contribution is 2.29. The first-order chi connectivity index (χ1) is 10.1. The molecule has 5 nitrogen and oxygen atoms in total. The lowest BCUT2D eigenvalue weighted by molar-refractivity contribution is 0.791. The number of hydrogen-bond donors (Lipinski definition) is 1. The summed E-state index contributed by atoms with van der Waals surface area (Å²) in [4.78, 5) is 0. The number of tetrazole rings is 1. The maximum Gasteiger partial charge on any atom is 0.187 e. The second-order valence-corrected chi connectivity index (χ2v) is 5.98. The van der Waals surface area contributed by atoms with Crippen LogP contribution in [-0.4, -0.2) is 20.2 Å². The summed E-state index contributed by atoms with van der Waals surface area (Å²) < 4.78 is 2.42. The number of hydrogen-bond acceptors (Lipinski definition) is 4. The molecule has 0 saturated heterocycles. The molecule has 0 spiro atoms. The van der Waals surface area contributed by atoms with Crippen molar-refractivity contribution in [2.45, 2.75) is 0 Å². The van der Waals surface area contributed by atoms with E-state index in [0.717, 1.165) is 10.0 Å². The third-order valence-corrected chi connectivity index (χ3v) is 4.00. The van der Waals surface area contributed by atoms with Crippen LogP contribution < -0.4 is 5.73 Å². The highest BCUT2D eigenvalue weighted by molar-refractivity contribution is 9.10. The summed E-state index contributed by atoms with van der Waals surface area (Å²) >= 11 is 15.7. The van der Waals surface area contributed by atoms with E-state index in [-0.39, 0.29) is 0 Å². The van der Waals surface area contributed by atoms with Gasteiger partial charge in [-0.25, -0.2) is 0 Å². The molecule has 3 aromatic rings. The second kappa shape index (κ2) is 5.63. The van der Waals surface area contributed by atoms with Crippen molar-refractivity contribution in [2.75, 3.05) is 5.73 Å². The van der Waals surface area contributed by atoms with Gasteiger partial charge in [0, 0.05) is 10.0 Å². The van der Waals surface area contributed by atoms with E-state index >= 15 is 0 Å². The van der Waals surface area contributed by atoms with Crippen LogP contribution in [0.1, 0.15) is 0 Å². The van der Waals surface area contributed by atoms with E-state index in [9.17, 15) is 0 Å². The van der Waals surface area contributed by atoms with Gasteiger partial charge in [0.25, 0.3) is 0 Å². The summed E-state index contributed by atoms with van der Waals surface area (Å²) in [6, 6.07) is 10.7. The van der Waals surface area contributed by atoms with Crippen LogP contribution in [-0.2, 0) is 0 Å². The Labute approximate surface area is 138 Å². The summed E-state index contributed by atoms with van der Waals surface area (Å²) in [5, 5.41) is 12.7. The number of nitrogens with zero attached hydrogens (tertiary/aromatic N) is 4. The van der Waals surface area contributed by atoms with E-state index in [2.05, 4.69) is 31.5 Å². The number of rotatable bonds is 2. The molecule has 0 amide bonds. The fraction of sp³-hybridized carbons (Fsp3) is 0. The summed E-state index contributed by atoms with van der Waals surface area (Å²) in [5.41, 5.74) is 7.63. The number of nitrogen functional groups attached to an aromatic ring is 1. The Morgan fingerprint density at radius 3 is 2.62 bits per heavy atom. The van der Waals surface area contributed by atoms with Crippen molar-refractivity contribution >= 4 is 44.8 Å². The van der Waals surface area contributed by atoms with Gasteiger partial charge < -0.3 is 5.73 Å². The maximum atomic E-state index is 6.22. The fourth-order valence-electron chi connectivity index (χ4n) is 1.84. The molecule has 2 aromatic carbocycles. The SMILES string of the molecule is Nc1ccc(-c2nnnn2-c2cc(Br)ccc2Cl)cc1Cl. The van der Waals surface area contributed by atoms with Gasteiger partial charge in [0.05, 0.1) is 21.4 Å². The summed E-state index contributed by atoms with van der Waals surface area (Å²) in [5.74, 6) is 0.525. The van der Waals surface area contributed by atoms with Gasteiger partial charge in [-0.3, -0.25) is 0 Å². The second-order valence-electron chi connectivity index (χ2n) is 4.25. The average Bonchev–Trinajstić information content (AvgIpc) is 2.93. The van der Waals surface area contributed by atoms with Crippen molar-refractivity contribution in [1.82, 2.24) is 20.2 Å². The predicted molar refractivity (Wildman–Crippen MR) is 86.7 cm³/mol. The third-order valence-electron chi connectivity index (χ3n) is 2.86. The normalized spacial score (nSPS) is 10.8. The summed E-state index contributed by atoms with van der Waals surface area (Å²) in [7, 11) is 0. The highest BCUT2D eigenvalue weighted by Gasteiger charge is 2.14. The van der Waals surface area contributed by atoms with Gasteiger partial charge in [-0.2, -0.15) is 4.68 Å². The number of halogens is 3. The zero-order valence-corrected chi connectivity index (χ0v) is 13.6. The van der Waals surface area contributed by atoms with E-state index < -0.39 is 0 Å². The molecule has 106 valence electrons. The minimum absolute atomic E-state index is 0.447. The lowest BCUT2D eigenvalue weighted by atomic mass is 10.2. The summed E-state index contributed by atoms with van der Waals surface area (Å²) in [6.45, 7) is 0. The molecule has 21 heavy (non-hydrogen) atoms. The fourth-order valence-corrected chi connectivity index (χ4v) is 2.57. The van der Waals surface area contributed by atoms with Gasteiger partial charge in [-0.15, -0.1) is 5.10 Å². The first kappa shape index (κ1) is 14.3. The van der Waals surface area contributed by atoms with Gasteiger partial charge in [-0.1, -0.05) is 39.1 Å². The molecule has 0 saturated carbocycles. The van der Waals surface area contributed by atoms with Crippen LogP contribution >= 0.6 is 39.1 Å². The topological polar surface area (TPSA) is 69.6 Å². The molecule has 0 aliphatic rings. The smallest absolute Gasteiger partial charge is 0.187 e. The molecule has 3 rings (SSSR count). The Morgan fingerprint density at radius 2 is 1.86 bits per heavy atom. The van der Waals surface area contributed by atoms with Gasteiger partial charge >= 0.3 is 0 Å². The molecule has 0 aliphatic heterocycles. The minimum atomic E-state index is 0.447. The van der Waals surface area contributed by atoms with Gasteiger partial charge in [0.1, 0.15) is 0 Å². The van der Waals surface area contributed by atoms with Gasteiger partial charge in [-0.05, 0) is 46.8 Å². The molecule has 1 heterocycles. The lowest BCUT2D eigenvalue weighted by Gasteiger charge is -2.08. The van der Waals surface area contributed by atoms with Crippen LogP contribution in [0.25, 0.3) is 17.1 Å². The van der Waals surface area contributed by atoms with Crippen molar-refractivity contribution < 1.29 is 0 Å². The van der Waals surface area contributed by atoms with Crippen LogP contribution in [0, 0.1) is 0 Å². The van der Waals surface area contributed by atoms with Crippen molar-refractivity contribution in [2.24, 2.45) is 0 Å². The highest BCUT2D eigenvalue weighted by atomic mass is 79.9. The lowest BCUT2D eigenvalue weighted by Crippen LogP contribution is -2.01. The molecule has 0 unspecified atom stereocenters. The van der Waals surface area contributed by atoms with E-state index in [4.69, 9.17) is 28.9 Å². The largest absolute Gasteiger partial charge is 0.398 e. The van der Waals surface area contributed by atoms with Crippen LogP contribution in [0.3, 0.4) is 0 Å². The quantitative estimate of drug-likeness (QED) is 0.678. The Bertz CT molecular complexity index is 818. The van der Waals surface area contributed by atoms with Crippen molar-refractivity contribution in [3.63, 3.8) is 0 Å². The Morgan fingerprint density at radius 1 is 1.05 bits per heavy atom. The first-order valence-corrected chi connectivity index (χ1v) is 7.40. The zero-order valence-electron chi connectivity index (χ0n) is 10.5. The number of nitrogens with two attached hydrogens (primary N) is 1. The Kier molecular flexibility index (Phi) is 3.84. The van der Waals surface area contributed by atoms with Crippen LogP contribution in [0.4, 0.5) is 5.69 Å². The average molecular weight is 385 g/mol. The van der Waals surface area contributed by atoms with Gasteiger partial charge in [0.2, 0.25) is 0 Å². The van der Waals surface area contributed by atoms with Crippen LogP contribution in [0.2, 0.25) is 10.0 Å². The number of benzene rings is 2. The van der Waals surface area contributed by atoms with Crippen molar-refractivity contribution in [3.8, 4) is 17.1 Å². The molecular weight excluding hydrogens is 377 g/mol. The minimum Gasteiger partial charge on any atom is -0.398 e. The van der Waals surface area contributed by atoms with E-state index in [1.54, 1.807) is 28.9 Å².